The van der Waals surface area contributed by atoms with Crippen molar-refractivity contribution in [2.75, 3.05) is 30.8 Å². The van der Waals surface area contributed by atoms with Gasteiger partial charge in [0.25, 0.3) is 10.0 Å². The molecule has 3 aromatic carbocycles. The molecule has 0 saturated heterocycles. The lowest BCUT2D eigenvalue weighted by molar-refractivity contribution is -0.139. The zero-order valence-electron chi connectivity index (χ0n) is 22.9. The van der Waals surface area contributed by atoms with Gasteiger partial charge in [-0.25, -0.2) is 8.42 Å². The molecule has 0 radical (unpaired) electrons. The van der Waals surface area contributed by atoms with Gasteiger partial charge in [0.1, 0.15) is 18.3 Å². The van der Waals surface area contributed by atoms with E-state index in [1.165, 1.54) is 35.8 Å². The van der Waals surface area contributed by atoms with Gasteiger partial charge in [-0.2, -0.15) is 0 Å². The SMILES string of the molecule is CCOc1ccccc1N(CC(=O)N(Cc1ccc(C)cc1)[C@H](C)C(=O)NC)S(=O)(=O)c1ccc(SC)cc1. The Hall–Kier alpha value is -3.50. The van der Waals surface area contributed by atoms with E-state index in [1.54, 1.807) is 50.2 Å². The number of hydrogen-bond donors (Lipinski definition) is 1. The average molecular weight is 570 g/mol. The topological polar surface area (TPSA) is 96.0 Å². The molecule has 0 fully saturated rings. The monoisotopic (exact) mass is 569 g/mol. The van der Waals surface area contributed by atoms with E-state index in [0.717, 1.165) is 20.3 Å². The highest BCUT2D eigenvalue weighted by Gasteiger charge is 2.33. The average Bonchev–Trinajstić information content (AvgIpc) is 2.95. The summed E-state index contributed by atoms with van der Waals surface area (Å²) in [5.41, 5.74) is 2.12. The van der Waals surface area contributed by atoms with Gasteiger partial charge in [0.05, 0.1) is 17.2 Å². The van der Waals surface area contributed by atoms with Crippen molar-refractivity contribution >= 4 is 39.3 Å². The van der Waals surface area contributed by atoms with Crippen LogP contribution in [-0.2, 0) is 26.2 Å². The van der Waals surface area contributed by atoms with Gasteiger partial charge < -0.3 is 15.0 Å². The smallest absolute Gasteiger partial charge is 0.264 e. The van der Waals surface area contributed by atoms with E-state index in [2.05, 4.69) is 5.32 Å². The third kappa shape index (κ3) is 7.33. The van der Waals surface area contributed by atoms with Crippen LogP contribution in [0.3, 0.4) is 0 Å². The summed E-state index contributed by atoms with van der Waals surface area (Å²) in [6.45, 7) is 5.31. The maximum absolute atomic E-state index is 14.0. The van der Waals surface area contributed by atoms with Crippen molar-refractivity contribution in [2.24, 2.45) is 0 Å². The fraction of sp³-hybridized carbons (Fsp3) is 0.310. The highest BCUT2D eigenvalue weighted by molar-refractivity contribution is 7.98. The normalized spacial score (nSPS) is 11.9. The number of thioether (sulfide) groups is 1. The molecule has 8 nitrogen and oxygen atoms in total. The van der Waals surface area contributed by atoms with E-state index < -0.39 is 28.5 Å². The van der Waals surface area contributed by atoms with Crippen molar-refractivity contribution in [2.45, 2.75) is 43.1 Å². The Morgan fingerprint density at radius 3 is 2.23 bits per heavy atom. The second kappa shape index (κ2) is 13.5. The van der Waals surface area contributed by atoms with Crippen LogP contribution < -0.4 is 14.4 Å². The standard InChI is InChI=1S/C29H35N3O5S2/c1-6-37-27-10-8-7-9-26(27)32(39(35,36)25-17-15-24(38-5)16-18-25)20-28(33)31(22(3)29(34)30-4)19-23-13-11-21(2)12-14-23/h7-18,22H,6,19-20H2,1-5H3,(H,30,34)/t22-/m1/s1. The van der Waals surface area contributed by atoms with Crippen LogP contribution in [0.2, 0.25) is 0 Å². The molecule has 208 valence electrons. The zero-order chi connectivity index (χ0) is 28.6. The number of nitrogens with one attached hydrogen (secondary N) is 1. The number of ether oxygens (including phenoxy) is 1. The van der Waals surface area contributed by atoms with E-state index in [4.69, 9.17) is 4.74 Å². The molecule has 39 heavy (non-hydrogen) atoms. The molecule has 0 bridgehead atoms. The maximum Gasteiger partial charge on any atom is 0.264 e. The van der Waals surface area contributed by atoms with Crippen molar-refractivity contribution in [1.82, 2.24) is 10.2 Å². The van der Waals surface area contributed by atoms with Gasteiger partial charge in [0, 0.05) is 18.5 Å². The highest BCUT2D eigenvalue weighted by atomic mass is 32.2. The minimum atomic E-state index is -4.18. The van der Waals surface area contributed by atoms with E-state index in [9.17, 15) is 18.0 Å². The van der Waals surface area contributed by atoms with Crippen LogP contribution in [0.5, 0.6) is 5.75 Å². The number of para-hydroxylation sites is 2. The Balaban J connectivity index is 2.08. The molecule has 0 saturated carbocycles. The summed E-state index contributed by atoms with van der Waals surface area (Å²) in [5.74, 6) is -0.545. The minimum absolute atomic E-state index is 0.0452. The maximum atomic E-state index is 14.0. The Morgan fingerprint density at radius 1 is 1.00 bits per heavy atom. The lowest BCUT2D eigenvalue weighted by atomic mass is 10.1. The molecule has 0 spiro atoms. The Labute approximate surface area is 235 Å². The third-order valence-corrected chi connectivity index (χ3v) is 8.76. The number of likely N-dealkylation sites (N-methyl/N-ethyl adjacent to an activating group) is 1. The van der Waals surface area contributed by atoms with Crippen LogP contribution in [0.4, 0.5) is 5.69 Å². The Bertz CT molecular complexity index is 1380. The molecule has 1 N–H and O–H groups in total. The summed E-state index contributed by atoms with van der Waals surface area (Å²) in [6, 6.07) is 20.0. The van der Waals surface area contributed by atoms with Crippen LogP contribution in [0, 0.1) is 6.92 Å². The minimum Gasteiger partial charge on any atom is -0.492 e. The first-order valence-corrected chi connectivity index (χ1v) is 15.2. The molecular formula is C29H35N3O5S2. The summed E-state index contributed by atoms with van der Waals surface area (Å²) in [4.78, 5) is 28.9. The first-order chi connectivity index (χ1) is 18.6. The largest absolute Gasteiger partial charge is 0.492 e. The lowest BCUT2D eigenvalue weighted by Crippen LogP contribution is -2.50. The molecule has 2 amide bonds. The molecule has 10 heteroatoms. The molecule has 0 aliphatic rings. The molecule has 3 aromatic rings. The van der Waals surface area contributed by atoms with Crippen molar-refractivity contribution in [3.05, 3.63) is 83.9 Å². The number of benzene rings is 3. The summed E-state index contributed by atoms with van der Waals surface area (Å²) < 4.78 is 34.8. The molecule has 3 rings (SSSR count). The first-order valence-electron chi connectivity index (χ1n) is 12.6. The van der Waals surface area contributed by atoms with Gasteiger partial charge in [-0.05, 0) is 69.0 Å². The number of hydrogen-bond acceptors (Lipinski definition) is 6. The van der Waals surface area contributed by atoms with Crippen LogP contribution in [0.25, 0.3) is 0 Å². The van der Waals surface area contributed by atoms with E-state index in [1.807, 2.05) is 37.4 Å². The molecule has 0 heterocycles. The number of aryl methyl sites for hydroxylation is 1. The number of carbonyl (C=O) groups is 2. The molecule has 0 unspecified atom stereocenters. The first kappa shape index (κ1) is 30.0. The van der Waals surface area contributed by atoms with Crippen molar-refractivity contribution in [3.8, 4) is 5.75 Å². The third-order valence-electron chi connectivity index (χ3n) is 6.25. The van der Waals surface area contributed by atoms with Gasteiger partial charge in [0.15, 0.2) is 0 Å². The second-order valence-corrected chi connectivity index (χ2v) is 11.6. The van der Waals surface area contributed by atoms with Crippen LogP contribution >= 0.6 is 11.8 Å². The van der Waals surface area contributed by atoms with E-state index in [0.29, 0.717) is 12.4 Å². The Kier molecular flexibility index (Phi) is 10.4. The summed E-state index contributed by atoms with van der Waals surface area (Å²) >= 11 is 1.50. The van der Waals surface area contributed by atoms with Gasteiger partial charge in [-0.3, -0.25) is 13.9 Å². The number of anilines is 1. The summed E-state index contributed by atoms with van der Waals surface area (Å²) in [5, 5.41) is 2.59. The number of carbonyl (C=O) groups excluding carboxylic acids is 2. The number of rotatable bonds is 12. The molecule has 0 aliphatic heterocycles. The number of sulfonamides is 1. The predicted octanol–water partition coefficient (Wildman–Crippen LogP) is 4.47. The van der Waals surface area contributed by atoms with E-state index >= 15 is 0 Å². The van der Waals surface area contributed by atoms with Gasteiger partial charge in [-0.1, -0.05) is 42.0 Å². The second-order valence-electron chi connectivity index (χ2n) is 8.89. The van der Waals surface area contributed by atoms with Crippen LogP contribution in [0.15, 0.2) is 82.6 Å². The van der Waals surface area contributed by atoms with Gasteiger partial charge in [-0.15, -0.1) is 11.8 Å². The fourth-order valence-electron chi connectivity index (χ4n) is 4.01. The Morgan fingerprint density at radius 2 is 1.64 bits per heavy atom. The molecule has 0 aromatic heterocycles. The fourth-order valence-corrected chi connectivity index (χ4v) is 5.84. The van der Waals surface area contributed by atoms with Crippen molar-refractivity contribution in [1.29, 1.82) is 0 Å². The quantitative estimate of drug-likeness (QED) is 0.323. The van der Waals surface area contributed by atoms with Crippen LogP contribution in [-0.4, -0.2) is 57.6 Å². The summed E-state index contributed by atoms with van der Waals surface area (Å²) in [6.07, 6.45) is 1.91. The predicted molar refractivity (Wildman–Crippen MR) is 156 cm³/mol. The van der Waals surface area contributed by atoms with Gasteiger partial charge in [0.2, 0.25) is 11.8 Å². The van der Waals surface area contributed by atoms with Crippen molar-refractivity contribution in [3.63, 3.8) is 0 Å². The van der Waals surface area contributed by atoms with Crippen molar-refractivity contribution < 1.29 is 22.7 Å². The van der Waals surface area contributed by atoms with E-state index in [-0.39, 0.29) is 23.0 Å². The van der Waals surface area contributed by atoms with Crippen LogP contribution in [0.1, 0.15) is 25.0 Å². The zero-order valence-corrected chi connectivity index (χ0v) is 24.5. The molecule has 0 aliphatic carbocycles. The lowest BCUT2D eigenvalue weighted by Gasteiger charge is -2.32. The molecular weight excluding hydrogens is 534 g/mol. The number of amides is 2. The summed E-state index contributed by atoms with van der Waals surface area (Å²) in [7, 11) is -2.68. The van der Waals surface area contributed by atoms with Gasteiger partial charge >= 0.3 is 0 Å². The molecule has 1 atom stereocenters. The highest BCUT2D eigenvalue weighted by Crippen LogP contribution is 2.33. The number of nitrogens with zero attached hydrogens (tertiary/aromatic N) is 2.